The molecule has 2 heteroatoms. The number of unbranched alkanes of at least 4 members (excludes halogenated alkanes) is 4. The summed E-state index contributed by atoms with van der Waals surface area (Å²) in [6.07, 6.45) is 7.66. The van der Waals surface area contributed by atoms with E-state index in [0.717, 1.165) is 10.9 Å². The van der Waals surface area contributed by atoms with Crippen molar-refractivity contribution in [2.24, 2.45) is 5.73 Å². The van der Waals surface area contributed by atoms with Crippen LogP contribution in [0.1, 0.15) is 62.6 Å². The molecule has 2 N–H and O–H groups in total. The van der Waals surface area contributed by atoms with Crippen molar-refractivity contribution in [2.75, 3.05) is 0 Å². The Balaban J connectivity index is 2.38. The molecular formula is C15H24BrN. The number of aryl methyl sites for hydroxylation is 1. The van der Waals surface area contributed by atoms with Gasteiger partial charge in [0.1, 0.15) is 0 Å². The minimum absolute atomic E-state index is 0.188. The average molecular weight is 298 g/mol. The number of nitrogens with two attached hydrogens (primary N) is 1. The van der Waals surface area contributed by atoms with Crippen molar-refractivity contribution in [1.82, 2.24) is 0 Å². The molecule has 1 aromatic carbocycles. The number of benzene rings is 1. The Kier molecular flexibility index (Phi) is 6.83. The third kappa shape index (κ3) is 5.69. The van der Waals surface area contributed by atoms with E-state index in [4.69, 9.17) is 5.73 Å². The zero-order valence-corrected chi connectivity index (χ0v) is 12.6. The minimum Gasteiger partial charge on any atom is -0.324 e. The van der Waals surface area contributed by atoms with Crippen LogP contribution in [0, 0.1) is 6.92 Å². The fraction of sp³-hybridized carbons (Fsp3) is 0.600. The van der Waals surface area contributed by atoms with Gasteiger partial charge in [0.15, 0.2) is 0 Å². The molecule has 1 aromatic rings. The SMILES string of the molecule is CCCCCCCC(N)c1cc(C)cc(Br)c1. The molecular weight excluding hydrogens is 274 g/mol. The van der Waals surface area contributed by atoms with Crippen molar-refractivity contribution in [3.63, 3.8) is 0 Å². The monoisotopic (exact) mass is 297 g/mol. The molecule has 0 aliphatic heterocycles. The summed E-state index contributed by atoms with van der Waals surface area (Å²) in [5.41, 5.74) is 8.76. The molecule has 1 atom stereocenters. The van der Waals surface area contributed by atoms with E-state index in [0.29, 0.717) is 0 Å². The second-order valence-electron chi connectivity index (χ2n) is 4.87. The standard InChI is InChI=1S/C15H24BrN/c1-3-4-5-6-7-8-15(17)13-9-12(2)10-14(16)11-13/h9-11,15H,3-8,17H2,1-2H3. The summed E-state index contributed by atoms with van der Waals surface area (Å²) in [5.74, 6) is 0. The van der Waals surface area contributed by atoms with Crippen LogP contribution in [0.5, 0.6) is 0 Å². The Morgan fingerprint density at radius 1 is 1.12 bits per heavy atom. The van der Waals surface area contributed by atoms with E-state index >= 15 is 0 Å². The van der Waals surface area contributed by atoms with Crippen molar-refractivity contribution in [3.05, 3.63) is 33.8 Å². The summed E-state index contributed by atoms with van der Waals surface area (Å²) >= 11 is 3.53. The Bertz CT molecular complexity index is 315. The first-order chi connectivity index (χ1) is 8.13. The van der Waals surface area contributed by atoms with Crippen LogP contribution in [0.15, 0.2) is 22.7 Å². The predicted octanol–water partition coefficient (Wildman–Crippen LogP) is 5.12. The summed E-state index contributed by atoms with van der Waals surface area (Å²) in [4.78, 5) is 0. The zero-order valence-electron chi connectivity index (χ0n) is 11.0. The summed E-state index contributed by atoms with van der Waals surface area (Å²) in [6.45, 7) is 4.36. The summed E-state index contributed by atoms with van der Waals surface area (Å²) in [7, 11) is 0. The molecule has 0 aliphatic rings. The number of hydrogen-bond acceptors (Lipinski definition) is 1. The van der Waals surface area contributed by atoms with Crippen LogP contribution >= 0.6 is 15.9 Å². The molecule has 1 nitrogen and oxygen atoms in total. The lowest BCUT2D eigenvalue weighted by molar-refractivity contribution is 0.555. The maximum absolute atomic E-state index is 6.23. The van der Waals surface area contributed by atoms with Gasteiger partial charge in [0, 0.05) is 10.5 Å². The maximum atomic E-state index is 6.23. The molecule has 0 heterocycles. The lowest BCUT2D eigenvalue weighted by Gasteiger charge is -2.13. The second-order valence-corrected chi connectivity index (χ2v) is 5.79. The molecule has 0 aliphatic carbocycles. The van der Waals surface area contributed by atoms with Crippen LogP contribution in [-0.4, -0.2) is 0 Å². The van der Waals surface area contributed by atoms with Gasteiger partial charge in [0.05, 0.1) is 0 Å². The first kappa shape index (κ1) is 14.7. The fourth-order valence-electron chi connectivity index (χ4n) is 2.11. The largest absolute Gasteiger partial charge is 0.324 e. The summed E-state index contributed by atoms with van der Waals surface area (Å²) in [5, 5.41) is 0. The fourth-order valence-corrected chi connectivity index (χ4v) is 2.74. The smallest absolute Gasteiger partial charge is 0.0295 e. The highest BCUT2D eigenvalue weighted by Gasteiger charge is 2.06. The molecule has 1 rings (SSSR count). The van der Waals surface area contributed by atoms with Gasteiger partial charge in [0.2, 0.25) is 0 Å². The third-order valence-corrected chi connectivity index (χ3v) is 3.57. The molecule has 0 bridgehead atoms. The molecule has 17 heavy (non-hydrogen) atoms. The van der Waals surface area contributed by atoms with Gasteiger partial charge in [-0.1, -0.05) is 61.0 Å². The van der Waals surface area contributed by atoms with Gasteiger partial charge >= 0.3 is 0 Å². The Morgan fingerprint density at radius 3 is 2.47 bits per heavy atom. The van der Waals surface area contributed by atoms with E-state index in [2.05, 4.69) is 48.0 Å². The van der Waals surface area contributed by atoms with E-state index in [1.54, 1.807) is 0 Å². The summed E-state index contributed by atoms with van der Waals surface area (Å²) < 4.78 is 1.13. The van der Waals surface area contributed by atoms with Crippen LogP contribution in [0.25, 0.3) is 0 Å². The van der Waals surface area contributed by atoms with Crippen molar-refractivity contribution in [1.29, 1.82) is 0 Å². The minimum atomic E-state index is 0.188. The molecule has 0 spiro atoms. The summed E-state index contributed by atoms with van der Waals surface area (Å²) in [6, 6.07) is 6.65. The predicted molar refractivity (Wildman–Crippen MR) is 79.2 cm³/mol. The van der Waals surface area contributed by atoms with E-state index in [1.165, 1.54) is 43.2 Å². The van der Waals surface area contributed by atoms with Gasteiger partial charge in [-0.25, -0.2) is 0 Å². The third-order valence-electron chi connectivity index (χ3n) is 3.11. The molecule has 0 radical (unpaired) electrons. The number of rotatable bonds is 7. The van der Waals surface area contributed by atoms with Crippen LogP contribution < -0.4 is 5.73 Å². The highest BCUT2D eigenvalue weighted by atomic mass is 79.9. The molecule has 96 valence electrons. The van der Waals surface area contributed by atoms with Gasteiger partial charge in [-0.2, -0.15) is 0 Å². The number of halogens is 1. The lowest BCUT2D eigenvalue weighted by atomic mass is 9.99. The molecule has 0 saturated heterocycles. The normalized spacial score (nSPS) is 12.7. The topological polar surface area (TPSA) is 26.0 Å². The van der Waals surface area contributed by atoms with Gasteiger partial charge in [0.25, 0.3) is 0 Å². The Labute approximate surface area is 114 Å². The average Bonchev–Trinajstić information content (AvgIpc) is 2.27. The first-order valence-electron chi connectivity index (χ1n) is 6.66. The lowest BCUT2D eigenvalue weighted by Crippen LogP contribution is -2.10. The van der Waals surface area contributed by atoms with Gasteiger partial charge in [-0.3, -0.25) is 0 Å². The van der Waals surface area contributed by atoms with Crippen LogP contribution in [0.4, 0.5) is 0 Å². The highest BCUT2D eigenvalue weighted by molar-refractivity contribution is 9.10. The molecule has 1 unspecified atom stereocenters. The maximum Gasteiger partial charge on any atom is 0.0295 e. The zero-order chi connectivity index (χ0) is 12.7. The van der Waals surface area contributed by atoms with Gasteiger partial charge < -0.3 is 5.73 Å². The highest BCUT2D eigenvalue weighted by Crippen LogP contribution is 2.23. The Hall–Kier alpha value is -0.340. The molecule has 0 saturated carbocycles. The van der Waals surface area contributed by atoms with Crippen LogP contribution in [0.3, 0.4) is 0 Å². The molecule has 0 amide bonds. The quantitative estimate of drug-likeness (QED) is 0.695. The van der Waals surface area contributed by atoms with E-state index < -0.39 is 0 Å². The first-order valence-corrected chi connectivity index (χ1v) is 7.45. The van der Waals surface area contributed by atoms with Crippen molar-refractivity contribution in [3.8, 4) is 0 Å². The van der Waals surface area contributed by atoms with Gasteiger partial charge in [-0.15, -0.1) is 0 Å². The van der Waals surface area contributed by atoms with Crippen LogP contribution in [-0.2, 0) is 0 Å². The second kappa shape index (κ2) is 7.88. The molecule has 0 fully saturated rings. The number of hydrogen-bond donors (Lipinski definition) is 1. The molecule has 0 aromatic heterocycles. The van der Waals surface area contributed by atoms with Crippen LogP contribution in [0.2, 0.25) is 0 Å². The van der Waals surface area contributed by atoms with E-state index in [1.807, 2.05) is 0 Å². The van der Waals surface area contributed by atoms with Crippen molar-refractivity contribution < 1.29 is 0 Å². The van der Waals surface area contributed by atoms with Gasteiger partial charge in [-0.05, 0) is 36.6 Å². The van der Waals surface area contributed by atoms with E-state index in [-0.39, 0.29) is 6.04 Å². The Morgan fingerprint density at radius 2 is 1.82 bits per heavy atom. The van der Waals surface area contributed by atoms with E-state index in [9.17, 15) is 0 Å². The van der Waals surface area contributed by atoms with Crippen molar-refractivity contribution in [2.45, 2.75) is 58.4 Å². The van der Waals surface area contributed by atoms with Crippen molar-refractivity contribution >= 4 is 15.9 Å².